The second-order valence-electron chi connectivity index (χ2n) is 4.18. The molecule has 0 amide bonds. The fourth-order valence-electron chi connectivity index (χ4n) is 1.66. The first-order chi connectivity index (χ1) is 8.70. The maximum absolute atomic E-state index is 5.79. The molecule has 0 radical (unpaired) electrons. The molecule has 0 spiro atoms. The number of benzene rings is 1. The second-order valence-corrected chi connectivity index (χ2v) is 4.18. The Bertz CT molecular complexity index is 526. The lowest BCUT2D eigenvalue weighted by molar-refractivity contribution is 0.243. The summed E-state index contributed by atoms with van der Waals surface area (Å²) in [5.41, 5.74) is 1.83. The van der Waals surface area contributed by atoms with Crippen LogP contribution in [0.1, 0.15) is 13.8 Å². The van der Waals surface area contributed by atoms with Gasteiger partial charge in [0.25, 0.3) is 0 Å². The highest BCUT2D eigenvalue weighted by atomic mass is 16.5. The lowest BCUT2D eigenvalue weighted by atomic mass is 10.1. The molecule has 4 heteroatoms. The van der Waals surface area contributed by atoms with Crippen LogP contribution < -0.4 is 10.1 Å². The third-order valence-electron chi connectivity index (χ3n) is 2.40. The van der Waals surface area contributed by atoms with Crippen molar-refractivity contribution in [3.05, 3.63) is 36.5 Å². The average molecular weight is 243 g/mol. The van der Waals surface area contributed by atoms with E-state index in [1.165, 1.54) is 0 Å². The zero-order valence-electron chi connectivity index (χ0n) is 10.8. The van der Waals surface area contributed by atoms with E-state index >= 15 is 0 Å². The summed E-state index contributed by atoms with van der Waals surface area (Å²) in [6, 6.07) is 9.77. The van der Waals surface area contributed by atoms with Gasteiger partial charge in [-0.25, -0.2) is 9.97 Å². The van der Waals surface area contributed by atoms with E-state index < -0.39 is 0 Å². The fraction of sp³-hybridized carbons (Fsp3) is 0.286. The zero-order valence-corrected chi connectivity index (χ0v) is 10.8. The number of nitrogens with one attached hydrogen (secondary N) is 1. The molecule has 0 atom stereocenters. The molecule has 0 unspecified atom stereocenters. The fourth-order valence-corrected chi connectivity index (χ4v) is 1.66. The van der Waals surface area contributed by atoms with Crippen LogP contribution in [0.2, 0.25) is 0 Å². The Hall–Kier alpha value is -2.10. The van der Waals surface area contributed by atoms with Gasteiger partial charge in [-0.1, -0.05) is 12.1 Å². The topological polar surface area (TPSA) is 47.0 Å². The minimum Gasteiger partial charge on any atom is -0.490 e. The molecule has 0 aliphatic rings. The van der Waals surface area contributed by atoms with Gasteiger partial charge >= 0.3 is 0 Å². The van der Waals surface area contributed by atoms with Gasteiger partial charge in [-0.15, -0.1) is 0 Å². The summed E-state index contributed by atoms with van der Waals surface area (Å²) in [6.45, 7) is 4.02. The van der Waals surface area contributed by atoms with Crippen molar-refractivity contribution in [2.45, 2.75) is 20.0 Å². The smallest absolute Gasteiger partial charge is 0.222 e. The van der Waals surface area contributed by atoms with Gasteiger partial charge in [0, 0.05) is 18.8 Å². The van der Waals surface area contributed by atoms with Crippen molar-refractivity contribution < 1.29 is 4.74 Å². The Morgan fingerprint density at radius 3 is 2.67 bits per heavy atom. The standard InChI is InChI=1S/C14H17N3O/c1-10(2)18-13-7-5-4-6-11(13)12-8-9-16-14(15-3)17-12/h4-10H,1-3H3,(H,15,16,17). The highest BCUT2D eigenvalue weighted by molar-refractivity contribution is 5.67. The first kappa shape index (κ1) is 12.4. The van der Waals surface area contributed by atoms with Gasteiger partial charge in [0.2, 0.25) is 5.95 Å². The minimum atomic E-state index is 0.136. The normalized spacial score (nSPS) is 10.4. The van der Waals surface area contributed by atoms with Crippen molar-refractivity contribution in [1.82, 2.24) is 9.97 Å². The van der Waals surface area contributed by atoms with Crippen molar-refractivity contribution in [3.63, 3.8) is 0 Å². The third-order valence-corrected chi connectivity index (χ3v) is 2.40. The molecule has 0 saturated heterocycles. The Balaban J connectivity index is 2.42. The van der Waals surface area contributed by atoms with Gasteiger partial charge < -0.3 is 10.1 Å². The number of hydrogen-bond donors (Lipinski definition) is 1. The Labute approximate surface area is 107 Å². The number of rotatable bonds is 4. The highest BCUT2D eigenvalue weighted by Gasteiger charge is 2.09. The molecule has 1 aromatic heterocycles. The average Bonchev–Trinajstić information content (AvgIpc) is 2.39. The number of hydrogen-bond acceptors (Lipinski definition) is 4. The molecule has 0 saturated carbocycles. The van der Waals surface area contributed by atoms with Crippen LogP contribution >= 0.6 is 0 Å². The summed E-state index contributed by atoms with van der Waals surface area (Å²) in [5.74, 6) is 1.44. The summed E-state index contributed by atoms with van der Waals surface area (Å²) in [5, 5.41) is 2.93. The van der Waals surface area contributed by atoms with E-state index in [0.717, 1.165) is 17.0 Å². The molecule has 2 aromatic rings. The van der Waals surface area contributed by atoms with Gasteiger partial charge in [0.05, 0.1) is 11.8 Å². The van der Waals surface area contributed by atoms with E-state index in [1.54, 1.807) is 13.2 Å². The minimum absolute atomic E-state index is 0.136. The van der Waals surface area contributed by atoms with Gasteiger partial charge in [-0.3, -0.25) is 0 Å². The van der Waals surface area contributed by atoms with E-state index in [0.29, 0.717) is 5.95 Å². The van der Waals surface area contributed by atoms with Crippen LogP contribution in [0, 0.1) is 0 Å². The first-order valence-electron chi connectivity index (χ1n) is 5.97. The van der Waals surface area contributed by atoms with Gasteiger partial charge in [-0.2, -0.15) is 0 Å². The highest BCUT2D eigenvalue weighted by Crippen LogP contribution is 2.29. The molecular formula is C14H17N3O. The number of nitrogens with zero attached hydrogens (tertiary/aromatic N) is 2. The molecule has 0 bridgehead atoms. The predicted molar refractivity (Wildman–Crippen MR) is 72.8 cm³/mol. The van der Waals surface area contributed by atoms with Crippen molar-refractivity contribution in [3.8, 4) is 17.0 Å². The van der Waals surface area contributed by atoms with Gasteiger partial charge in [0.15, 0.2) is 0 Å². The lowest BCUT2D eigenvalue weighted by Gasteiger charge is -2.13. The van der Waals surface area contributed by atoms with Crippen LogP contribution in [0.3, 0.4) is 0 Å². The predicted octanol–water partition coefficient (Wildman–Crippen LogP) is 2.97. The Morgan fingerprint density at radius 2 is 1.94 bits per heavy atom. The van der Waals surface area contributed by atoms with Crippen molar-refractivity contribution in [2.75, 3.05) is 12.4 Å². The molecular weight excluding hydrogens is 226 g/mol. The largest absolute Gasteiger partial charge is 0.490 e. The molecule has 2 rings (SSSR count). The molecule has 1 N–H and O–H groups in total. The molecule has 0 fully saturated rings. The molecule has 0 aliphatic carbocycles. The van der Waals surface area contributed by atoms with Crippen LogP contribution in [-0.2, 0) is 0 Å². The lowest BCUT2D eigenvalue weighted by Crippen LogP contribution is -2.06. The quantitative estimate of drug-likeness (QED) is 0.896. The number of ether oxygens (including phenoxy) is 1. The zero-order chi connectivity index (χ0) is 13.0. The molecule has 4 nitrogen and oxygen atoms in total. The number of aromatic nitrogens is 2. The van der Waals surface area contributed by atoms with Crippen molar-refractivity contribution >= 4 is 5.95 Å². The third kappa shape index (κ3) is 2.77. The van der Waals surface area contributed by atoms with Crippen molar-refractivity contribution in [2.24, 2.45) is 0 Å². The van der Waals surface area contributed by atoms with E-state index in [9.17, 15) is 0 Å². The monoisotopic (exact) mass is 243 g/mol. The SMILES string of the molecule is CNc1nccc(-c2ccccc2OC(C)C)n1. The maximum atomic E-state index is 5.79. The molecule has 94 valence electrons. The molecule has 0 aliphatic heterocycles. The second kappa shape index (κ2) is 5.49. The van der Waals surface area contributed by atoms with Gasteiger partial charge in [-0.05, 0) is 32.0 Å². The summed E-state index contributed by atoms with van der Waals surface area (Å²) in [6.07, 6.45) is 1.87. The maximum Gasteiger partial charge on any atom is 0.222 e. The summed E-state index contributed by atoms with van der Waals surface area (Å²) in [4.78, 5) is 8.54. The van der Waals surface area contributed by atoms with Crippen LogP contribution in [0.25, 0.3) is 11.3 Å². The summed E-state index contributed by atoms with van der Waals surface area (Å²) >= 11 is 0. The Kier molecular flexibility index (Phi) is 3.77. The molecule has 18 heavy (non-hydrogen) atoms. The van der Waals surface area contributed by atoms with Gasteiger partial charge in [0.1, 0.15) is 5.75 Å². The van der Waals surface area contributed by atoms with Crippen LogP contribution in [0.4, 0.5) is 5.95 Å². The van der Waals surface area contributed by atoms with Crippen LogP contribution in [0.15, 0.2) is 36.5 Å². The van der Waals surface area contributed by atoms with Crippen LogP contribution in [-0.4, -0.2) is 23.1 Å². The Morgan fingerprint density at radius 1 is 1.17 bits per heavy atom. The summed E-state index contributed by atoms with van der Waals surface area (Å²) < 4.78 is 5.79. The molecule has 1 aromatic carbocycles. The van der Waals surface area contributed by atoms with E-state index in [1.807, 2.05) is 44.2 Å². The van der Waals surface area contributed by atoms with Crippen LogP contribution in [0.5, 0.6) is 5.75 Å². The number of para-hydroxylation sites is 1. The van der Waals surface area contributed by atoms with E-state index in [2.05, 4.69) is 15.3 Å². The number of anilines is 1. The van der Waals surface area contributed by atoms with E-state index in [4.69, 9.17) is 4.74 Å². The van der Waals surface area contributed by atoms with E-state index in [-0.39, 0.29) is 6.10 Å². The first-order valence-corrected chi connectivity index (χ1v) is 5.97. The summed E-state index contributed by atoms with van der Waals surface area (Å²) in [7, 11) is 1.80. The van der Waals surface area contributed by atoms with Crippen molar-refractivity contribution in [1.29, 1.82) is 0 Å². The molecule has 1 heterocycles.